The Balaban J connectivity index is 3.03. The molecule has 0 aliphatic heterocycles. The Morgan fingerprint density at radius 1 is 1.47 bits per heavy atom. The molecular weight excluding hydrogens is 348 g/mol. The second kappa shape index (κ2) is 5.76. The Labute approximate surface area is 127 Å². The molecule has 0 bridgehead atoms. The molecule has 4 nitrogen and oxygen atoms in total. The molecular formula is C12H17BrN2O2S2. The second-order valence-corrected chi connectivity index (χ2v) is 8.86. The number of anilines is 1. The van der Waals surface area contributed by atoms with Crippen molar-refractivity contribution in [2.45, 2.75) is 18.6 Å². The van der Waals surface area contributed by atoms with Crippen molar-refractivity contribution in [2.24, 2.45) is 5.73 Å². The summed E-state index contributed by atoms with van der Waals surface area (Å²) >= 11 is 8.39. The predicted molar refractivity (Wildman–Crippen MR) is 87.4 cm³/mol. The molecule has 0 atom stereocenters. The summed E-state index contributed by atoms with van der Waals surface area (Å²) in [6.07, 6.45) is 1.23. The Morgan fingerprint density at radius 2 is 2.05 bits per heavy atom. The highest BCUT2D eigenvalue weighted by Crippen LogP contribution is 2.26. The molecule has 106 valence electrons. The van der Waals surface area contributed by atoms with E-state index in [1.807, 2.05) is 18.2 Å². The Bertz CT molecular complexity index is 598. The van der Waals surface area contributed by atoms with E-state index in [0.717, 1.165) is 10.2 Å². The zero-order chi connectivity index (χ0) is 14.8. The van der Waals surface area contributed by atoms with Gasteiger partial charge in [0.1, 0.15) is 4.99 Å². The average Bonchev–Trinajstić information content (AvgIpc) is 2.24. The quantitative estimate of drug-likeness (QED) is 0.784. The fourth-order valence-corrected chi connectivity index (χ4v) is 2.63. The van der Waals surface area contributed by atoms with Crippen molar-refractivity contribution in [3.05, 3.63) is 28.2 Å². The summed E-state index contributed by atoms with van der Waals surface area (Å²) in [5.74, 6) is 0. The largest absolute Gasteiger partial charge is 0.389 e. The Morgan fingerprint density at radius 3 is 2.53 bits per heavy atom. The first kappa shape index (κ1) is 16.4. The lowest BCUT2D eigenvalue weighted by Crippen LogP contribution is -2.38. The smallest absolute Gasteiger partial charge is 0.154 e. The van der Waals surface area contributed by atoms with Crippen LogP contribution in [0.5, 0.6) is 0 Å². The summed E-state index contributed by atoms with van der Waals surface area (Å²) in [6, 6.07) is 5.49. The zero-order valence-corrected chi connectivity index (χ0v) is 14.2. The van der Waals surface area contributed by atoms with Crippen LogP contribution in [-0.4, -0.2) is 31.0 Å². The van der Waals surface area contributed by atoms with Crippen LogP contribution >= 0.6 is 28.1 Å². The van der Waals surface area contributed by atoms with Crippen LogP contribution in [0, 0.1) is 0 Å². The van der Waals surface area contributed by atoms with Crippen molar-refractivity contribution >= 4 is 48.7 Å². The minimum atomic E-state index is -3.15. The fraction of sp³-hybridized carbons (Fsp3) is 0.417. The van der Waals surface area contributed by atoms with E-state index in [1.165, 1.54) is 6.26 Å². The maximum absolute atomic E-state index is 11.7. The Kier molecular flexibility index (Phi) is 4.97. The average molecular weight is 365 g/mol. The number of nitrogens with two attached hydrogens (primary N) is 1. The minimum absolute atomic E-state index is 0.257. The molecule has 7 heteroatoms. The first-order valence-corrected chi connectivity index (χ1v) is 8.67. The molecule has 0 fully saturated rings. The van der Waals surface area contributed by atoms with Crippen LogP contribution in [0.3, 0.4) is 0 Å². The van der Waals surface area contributed by atoms with Crippen molar-refractivity contribution in [1.82, 2.24) is 0 Å². The van der Waals surface area contributed by atoms with Gasteiger partial charge < -0.3 is 11.1 Å². The van der Waals surface area contributed by atoms with Gasteiger partial charge in [-0.2, -0.15) is 0 Å². The summed E-state index contributed by atoms with van der Waals surface area (Å²) < 4.78 is 23.2. The highest BCUT2D eigenvalue weighted by atomic mass is 79.9. The summed E-state index contributed by atoms with van der Waals surface area (Å²) in [6.45, 7) is 3.62. The molecule has 0 amide bonds. The van der Waals surface area contributed by atoms with E-state index in [-0.39, 0.29) is 11.5 Å². The second-order valence-electron chi connectivity index (χ2n) is 4.91. The molecule has 0 radical (unpaired) electrons. The molecule has 0 spiro atoms. The first-order chi connectivity index (χ1) is 8.56. The molecule has 1 aromatic rings. The Hall–Kier alpha value is -0.660. The molecule has 19 heavy (non-hydrogen) atoms. The van der Waals surface area contributed by atoms with Gasteiger partial charge in [-0.05, 0) is 41.9 Å². The lowest BCUT2D eigenvalue weighted by molar-refractivity contribution is 0.560. The number of nitrogens with one attached hydrogen (secondary N) is 1. The fourth-order valence-electron chi connectivity index (χ4n) is 1.36. The summed E-state index contributed by atoms with van der Waals surface area (Å²) in [5, 5.41) is 3.11. The van der Waals surface area contributed by atoms with Crippen LogP contribution in [0.1, 0.15) is 19.4 Å². The third kappa shape index (κ3) is 3.90. The first-order valence-electron chi connectivity index (χ1n) is 5.58. The van der Waals surface area contributed by atoms with Crippen LogP contribution in [0.25, 0.3) is 0 Å². The maximum Gasteiger partial charge on any atom is 0.154 e. The number of sulfone groups is 1. The van der Waals surface area contributed by atoms with Crippen molar-refractivity contribution < 1.29 is 8.42 Å². The topological polar surface area (TPSA) is 72.2 Å². The van der Waals surface area contributed by atoms with Crippen LogP contribution in [-0.2, 0) is 9.84 Å². The van der Waals surface area contributed by atoms with E-state index in [4.69, 9.17) is 18.0 Å². The van der Waals surface area contributed by atoms with E-state index in [9.17, 15) is 8.42 Å². The predicted octanol–water partition coefficient (Wildman–Crippen LogP) is 2.32. The van der Waals surface area contributed by atoms with Crippen LogP contribution in [0.2, 0.25) is 0 Å². The summed E-state index contributed by atoms with van der Waals surface area (Å²) in [7, 11) is -3.15. The number of benzene rings is 1. The maximum atomic E-state index is 11.7. The number of rotatable bonds is 5. The van der Waals surface area contributed by atoms with E-state index >= 15 is 0 Å². The monoisotopic (exact) mass is 364 g/mol. The van der Waals surface area contributed by atoms with Crippen molar-refractivity contribution in [3.8, 4) is 0 Å². The number of hydrogen-bond donors (Lipinski definition) is 2. The van der Waals surface area contributed by atoms with Crippen LogP contribution < -0.4 is 11.1 Å². The molecule has 1 aromatic carbocycles. The van der Waals surface area contributed by atoms with Crippen LogP contribution in [0.4, 0.5) is 5.69 Å². The standard InChI is InChI=1S/C12H17BrN2O2S2/c1-12(2,19(3,16)17)7-15-9-6-4-5-8(13)10(9)11(14)18/h4-6,15H,7H2,1-3H3,(H2,14,18). The molecule has 3 N–H and O–H groups in total. The summed E-state index contributed by atoms with van der Waals surface area (Å²) in [4.78, 5) is 0.257. The molecule has 0 aromatic heterocycles. The third-order valence-corrected chi connectivity index (χ3v) is 5.99. The van der Waals surface area contributed by atoms with Gasteiger partial charge in [0.2, 0.25) is 0 Å². The third-order valence-electron chi connectivity index (χ3n) is 2.97. The van der Waals surface area contributed by atoms with E-state index in [1.54, 1.807) is 13.8 Å². The van der Waals surface area contributed by atoms with Gasteiger partial charge in [0, 0.05) is 28.5 Å². The zero-order valence-electron chi connectivity index (χ0n) is 11.0. The molecule has 0 aliphatic rings. The van der Waals surface area contributed by atoms with E-state index < -0.39 is 14.6 Å². The van der Waals surface area contributed by atoms with E-state index in [0.29, 0.717) is 5.56 Å². The van der Waals surface area contributed by atoms with Gasteiger partial charge in [-0.15, -0.1) is 0 Å². The SMILES string of the molecule is CC(C)(CNc1cccc(Br)c1C(N)=S)S(C)(=O)=O. The van der Waals surface area contributed by atoms with Gasteiger partial charge in [0.25, 0.3) is 0 Å². The van der Waals surface area contributed by atoms with E-state index in [2.05, 4.69) is 21.2 Å². The highest BCUT2D eigenvalue weighted by Gasteiger charge is 2.30. The summed E-state index contributed by atoms with van der Waals surface area (Å²) in [5.41, 5.74) is 7.09. The molecule has 1 rings (SSSR count). The van der Waals surface area contributed by atoms with Gasteiger partial charge in [-0.1, -0.05) is 18.3 Å². The van der Waals surface area contributed by atoms with Crippen molar-refractivity contribution in [1.29, 1.82) is 0 Å². The number of halogens is 1. The van der Waals surface area contributed by atoms with Gasteiger partial charge >= 0.3 is 0 Å². The normalized spacial score (nSPS) is 12.2. The molecule has 0 unspecified atom stereocenters. The van der Waals surface area contributed by atoms with Crippen molar-refractivity contribution in [2.75, 3.05) is 18.1 Å². The van der Waals surface area contributed by atoms with Gasteiger partial charge in [0.15, 0.2) is 9.84 Å². The number of hydrogen-bond acceptors (Lipinski definition) is 4. The van der Waals surface area contributed by atoms with Crippen molar-refractivity contribution in [3.63, 3.8) is 0 Å². The molecule has 0 heterocycles. The van der Waals surface area contributed by atoms with Gasteiger partial charge in [-0.3, -0.25) is 0 Å². The number of thiocarbonyl (C=S) groups is 1. The highest BCUT2D eigenvalue weighted by molar-refractivity contribution is 9.10. The lowest BCUT2D eigenvalue weighted by atomic mass is 10.1. The molecule has 0 saturated heterocycles. The molecule has 0 aliphatic carbocycles. The van der Waals surface area contributed by atoms with Gasteiger partial charge in [-0.25, -0.2) is 8.42 Å². The minimum Gasteiger partial charge on any atom is -0.389 e. The molecule has 0 saturated carbocycles. The lowest BCUT2D eigenvalue weighted by Gasteiger charge is -2.24. The van der Waals surface area contributed by atoms with Crippen LogP contribution in [0.15, 0.2) is 22.7 Å². The van der Waals surface area contributed by atoms with Gasteiger partial charge in [0.05, 0.1) is 4.75 Å².